The predicted octanol–water partition coefficient (Wildman–Crippen LogP) is 5.67. The van der Waals surface area contributed by atoms with E-state index in [1.54, 1.807) is 0 Å². The molecule has 0 saturated heterocycles. The minimum absolute atomic E-state index is 0.451. The van der Waals surface area contributed by atoms with Crippen LogP contribution in [-0.4, -0.2) is 0 Å². The Balaban J connectivity index is 2.79. The molecule has 0 atom stereocenters. The summed E-state index contributed by atoms with van der Waals surface area (Å²) < 4.78 is 0. The van der Waals surface area contributed by atoms with Gasteiger partial charge in [-0.25, -0.2) is 0 Å². The van der Waals surface area contributed by atoms with Crippen LogP contribution in [0.2, 0.25) is 0 Å². The van der Waals surface area contributed by atoms with E-state index in [1.165, 1.54) is 25.7 Å². The number of rotatable bonds is 0. The van der Waals surface area contributed by atoms with Gasteiger partial charge in [-0.05, 0) is 47.3 Å². The predicted molar refractivity (Wildman–Crippen MR) is 73.6 cm³/mol. The molecule has 0 aromatic rings. The smallest absolute Gasteiger partial charge is 0.0277 e. The zero-order chi connectivity index (χ0) is 12.8. The Hall–Kier alpha value is 0. The Labute approximate surface area is 103 Å². The Kier molecular flexibility index (Phi) is 3.30. The third kappa shape index (κ3) is 2.31. The van der Waals surface area contributed by atoms with Crippen LogP contribution in [-0.2, 0) is 0 Å². The fourth-order valence-electron chi connectivity index (χ4n) is 2.85. The van der Waals surface area contributed by atoms with Crippen molar-refractivity contribution in [3.63, 3.8) is 0 Å². The second-order valence-electron chi connectivity index (χ2n) is 8.62. The van der Waals surface area contributed by atoms with Crippen molar-refractivity contribution >= 4 is 0 Å². The van der Waals surface area contributed by atoms with Gasteiger partial charge in [0.1, 0.15) is 0 Å². The summed E-state index contributed by atoms with van der Waals surface area (Å²) in [5.41, 5.74) is 1.98. The largest absolute Gasteiger partial charge is 0.0597 e. The van der Waals surface area contributed by atoms with Gasteiger partial charge in [0.2, 0.25) is 0 Å². The van der Waals surface area contributed by atoms with Gasteiger partial charge in [0.15, 0.2) is 0 Å². The lowest BCUT2D eigenvalue weighted by molar-refractivity contribution is -0.0349. The van der Waals surface area contributed by atoms with E-state index in [0.717, 1.165) is 0 Å². The molecule has 1 aliphatic carbocycles. The van der Waals surface area contributed by atoms with Crippen LogP contribution >= 0.6 is 0 Å². The lowest BCUT2D eigenvalue weighted by Gasteiger charge is -2.54. The molecule has 0 N–H and O–H groups in total. The second-order valence-corrected chi connectivity index (χ2v) is 8.62. The van der Waals surface area contributed by atoms with E-state index in [2.05, 4.69) is 55.4 Å². The SMILES string of the molecule is CC(C)(C)C1(C)CCC(C)(C(C)(C)C)CC1. The third-order valence-corrected chi connectivity index (χ3v) is 6.08. The minimum Gasteiger partial charge on any atom is -0.0597 e. The van der Waals surface area contributed by atoms with Gasteiger partial charge in [-0.3, -0.25) is 0 Å². The van der Waals surface area contributed by atoms with E-state index in [0.29, 0.717) is 21.7 Å². The highest BCUT2D eigenvalue weighted by atomic mass is 14.5. The Morgan fingerprint density at radius 2 is 0.750 bits per heavy atom. The lowest BCUT2D eigenvalue weighted by Crippen LogP contribution is -2.44. The van der Waals surface area contributed by atoms with Crippen LogP contribution in [0.5, 0.6) is 0 Å². The van der Waals surface area contributed by atoms with Crippen LogP contribution in [0.3, 0.4) is 0 Å². The Bertz CT molecular complexity index is 210. The molecular formula is C16H32. The fraction of sp³-hybridized carbons (Fsp3) is 1.00. The topological polar surface area (TPSA) is 0 Å². The van der Waals surface area contributed by atoms with Gasteiger partial charge >= 0.3 is 0 Å². The molecule has 16 heavy (non-hydrogen) atoms. The standard InChI is InChI=1S/C16H32/c1-13(2,3)15(7)9-11-16(8,12-10-15)14(4,5)6/h9-12H2,1-8H3. The molecule has 0 amide bonds. The van der Waals surface area contributed by atoms with Crippen LogP contribution in [0.15, 0.2) is 0 Å². The van der Waals surface area contributed by atoms with E-state index in [1.807, 2.05) is 0 Å². The summed E-state index contributed by atoms with van der Waals surface area (Å²) in [4.78, 5) is 0. The highest BCUT2D eigenvalue weighted by Gasteiger charge is 2.47. The van der Waals surface area contributed by atoms with Crippen LogP contribution < -0.4 is 0 Å². The maximum atomic E-state index is 2.50. The summed E-state index contributed by atoms with van der Waals surface area (Å²) in [7, 11) is 0. The van der Waals surface area contributed by atoms with Crippen molar-refractivity contribution in [2.45, 2.75) is 81.1 Å². The molecule has 0 heterocycles. The van der Waals surface area contributed by atoms with Gasteiger partial charge in [-0.15, -0.1) is 0 Å². The molecule has 0 spiro atoms. The average molecular weight is 224 g/mol. The molecule has 0 unspecified atom stereocenters. The quantitative estimate of drug-likeness (QED) is 0.497. The van der Waals surface area contributed by atoms with Crippen molar-refractivity contribution in [2.75, 3.05) is 0 Å². The Morgan fingerprint density at radius 3 is 0.875 bits per heavy atom. The summed E-state index contributed by atoms with van der Waals surface area (Å²) >= 11 is 0. The van der Waals surface area contributed by atoms with Crippen molar-refractivity contribution in [3.8, 4) is 0 Å². The number of hydrogen-bond donors (Lipinski definition) is 0. The number of hydrogen-bond acceptors (Lipinski definition) is 0. The second kappa shape index (κ2) is 3.75. The van der Waals surface area contributed by atoms with Crippen LogP contribution in [0.1, 0.15) is 81.1 Å². The first-order valence-electron chi connectivity index (χ1n) is 6.91. The molecule has 1 saturated carbocycles. The molecule has 0 aliphatic heterocycles. The van der Waals surface area contributed by atoms with E-state index in [-0.39, 0.29) is 0 Å². The van der Waals surface area contributed by atoms with Crippen molar-refractivity contribution < 1.29 is 0 Å². The molecule has 96 valence electrons. The van der Waals surface area contributed by atoms with E-state index in [9.17, 15) is 0 Å². The van der Waals surface area contributed by atoms with Crippen molar-refractivity contribution in [1.29, 1.82) is 0 Å². The summed E-state index contributed by atoms with van der Waals surface area (Å²) in [6.45, 7) is 19.4. The first-order valence-corrected chi connectivity index (χ1v) is 6.91. The van der Waals surface area contributed by atoms with Gasteiger partial charge in [0.25, 0.3) is 0 Å². The molecule has 1 rings (SSSR count). The molecule has 0 nitrogen and oxygen atoms in total. The van der Waals surface area contributed by atoms with E-state index in [4.69, 9.17) is 0 Å². The zero-order valence-corrected chi connectivity index (χ0v) is 12.8. The normalized spacial score (nSPS) is 37.5. The molecule has 0 aromatic heterocycles. The monoisotopic (exact) mass is 224 g/mol. The molecular weight excluding hydrogens is 192 g/mol. The lowest BCUT2D eigenvalue weighted by atomic mass is 9.51. The molecule has 0 heteroatoms. The van der Waals surface area contributed by atoms with Crippen molar-refractivity contribution in [1.82, 2.24) is 0 Å². The maximum Gasteiger partial charge on any atom is -0.0277 e. The summed E-state index contributed by atoms with van der Waals surface area (Å²) in [6, 6.07) is 0. The molecule has 0 aromatic carbocycles. The minimum atomic E-state index is 0.451. The molecule has 0 bridgehead atoms. The van der Waals surface area contributed by atoms with Gasteiger partial charge in [-0.1, -0.05) is 55.4 Å². The first-order chi connectivity index (χ1) is 6.91. The van der Waals surface area contributed by atoms with Crippen LogP contribution in [0.25, 0.3) is 0 Å². The van der Waals surface area contributed by atoms with Gasteiger partial charge in [-0.2, -0.15) is 0 Å². The highest BCUT2D eigenvalue weighted by molar-refractivity contribution is 4.98. The zero-order valence-electron chi connectivity index (χ0n) is 12.8. The average Bonchev–Trinajstić information content (AvgIpc) is 2.07. The van der Waals surface area contributed by atoms with Gasteiger partial charge in [0.05, 0.1) is 0 Å². The van der Waals surface area contributed by atoms with Gasteiger partial charge in [0, 0.05) is 0 Å². The van der Waals surface area contributed by atoms with Crippen LogP contribution in [0.4, 0.5) is 0 Å². The summed E-state index contributed by atoms with van der Waals surface area (Å²) in [5, 5.41) is 0. The van der Waals surface area contributed by atoms with E-state index >= 15 is 0 Å². The summed E-state index contributed by atoms with van der Waals surface area (Å²) in [5.74, 6) is 0. The van der Waals surface area contributed by atoms with Crippen molar-refractivity contribution in [3.05, 3.63) is 0 Å². The third-order valence-electron chi connectivity index (χ3n) is 6.08. The molecule has 0 radical (unpaired) electrons. The van der Waals surface area contributed by atoms with E-state index < -0.39 is 0 Å². The van der Waals surface area contributed by atoms with Crippen LogP contribution in [0, 0.1) is 21.7 Å². The van der Waals surface area contributed by atoms with Crippen molar-refractivity contribution in [2.24, 2.45) is 21.7 Å². The summed E-state index contributed by atoms with van der Waals surface area (Å²) in [6.07, 6.45) is 5.57. The Morgan fingerprint density at radius 1 is 0.562 bits per heavy atom. The molecule has 1 aliphatic rings. The molecule has 1 fully saturated rings. The maximum absolute atomic E-state index is 2.50. The highest BCUT2D eigenvalue weighted by Crippen LogP contribution is 2.58. The fourth-order valence-corrected chi connectivity index (χ4v) is 2.85. The van der Waals surface area contributed by atoms with Gasteiger partial charge < -0.3 is 0 Å². The first kappa shape index (κ1) is 14.1.